The minimum absolute atomic E-state index is 0.119. The summed E-state index contributed by atoms with van der Waals surface area (Å²) in [6.45, 7) is 3.11. The van der Waals surface area contributed by atoms with E-state index in [1.54, 1.807) is 12.1 Å². The lowest BCUT2D eigenvalue weighted by molar-refractivity contribution is 0.465. The molecule has 16 heavy (non-hydrogen) atoms. The predicted octanol–water partition coefficient (Wildman–Crippen LogP) is 1.90. The lowest BCUT2D eigenvalue weighted by Gasteiger charge is -2.07. The Morgan fingerprint density at radius 3 is 2.94 bits per heavy atom. The summed E-state index contributed by atoms with van der Waals surface area (Å²) in [5.41, 5.74) is 0.759. The summed E-state index contributed by atoms with van der Waals surface area (Å²) < 4.78 is 11.1. The van der Waals surface area contributed by atoms with Crippen molar-refractivity contribution < 1.29 is 9.32 Å². The summed E-state index contributed by atoms with van der Waals surface area (Å²) in [6, 6.07) is 5.25. The van der Waals surface area contributed by atoms with E-state index < -0.39 is 10.8 Å². The number of hydrogen-bond donors (Lipinski definition) is 2. The Morgan fingerprint density at radius 2 is 2.25 bits per heavy atom. The highest BCUT2D eigenvalue weighted by Crippen LogP contribution is 2.26. The second kappa shape index (κ2) is 6.89. The van der Waals surface area contributed by atoms with Crippen LogP contribution in [0, 0.1) is 0 Å². The molecule has 1 unspecified atom stereocenters. The third kappa shape index (κ3) is 4.12. The van der Waals surface area contributed by atoms with Gasteiger partial charge in [-0.15, -0.1) is 0 Å². The van der Waals surface area contributed by atoms with Crippen LogP contribution in [-0.2, 0) is 17.3 Å². The van der Waals surface area contributed by atoms with Crippen molar-refractivity contribution in [3.8, 4) is 5.75 Å². The first-order valence-electron chi connectivity index (χ1n) is 5.17. The SMILES string of the molecule is CCS(=O)CCNCc1cccc(Cl)c1O. The number of rotatable bonds is 6. The minimum Gasteiger partial charge on any atom is -0.506 e. The third-order valence-corrected chi connectivity index (χ3v) is 3.82. The Labute approximate surface area is 103 Å². The van der Waals surface area contributed by atoms with Crippen molar-refractivity contribution in [1.82, 2.24) is 5.32 Å². The van der Waals surface area contributed by atoms with Gasteiger partial charge in [0.25, 0.3) is 0 Å². The Morgan fingerprint density at radius 1 is 1.50 bits per heavy atom. The highest BCUT2D eigenvalue weighted by Gasteiger charge is 2.04. The average Bonchev–Trinajstić information content (AvgIpc) is 2.29. The molecule has 1 aromatic carbocycles. The fraction of sp³-hybridized carbons (Fsp3) is 0.455. The van der Waals surface area contributed by atoms with Crippen LogP contribution in [0.4, 0.5) is 0 Å². The van der Waals surface area contributed by atoms with Crippen LogP contribution >= 0.6 is 11.6 Å². The molecule has 0 amide bonds. The largest absolute Gasteiger partial charge is 0.506 e. The molecule has 0 fully saturated rings. The second-order valence-electron chi connectivity index (χ2n) is 3.36. The second-order valence-corrected chi connectivity index (χ2v) is 5.63. The first-order chi connectivity index (χ1) is 7.65. The molecule has 0 radical (unpaired) electrons. The Balaban J connectivity index is 2.38. The third-order valence-electron chi connectivity index (χ3n) is 2.21. The van der Waals surface area contributed by atoms with Crippen LogP contribution in [0.25, 0.3) is 0 Å². The number of benzene rings is 1. The maximum atomic E-state index is 11.1. The molecule has 1 aromatic rings. The summed E-state index contributed by atoms with van der Waals surface area (Å²) in [7, 11) is -0.746. The van der Waals surface area contributed by atoms with Gasteiger partial charge in [-0.2, -0.15) is 0 Å². The number of para-hydroxylation sites is 1. The molecule has 0 aliphatic carbocycles. The molecule has 0 bridgehead atoms. The van der Waals surface area contributed by atoms with Gasteiger partial charge in [0, 0.05) is 41.0 Å². The summed E-state index contributed by atoms with van der Waals surface area (Å²) in [4.78, 5) is 0. The summed E-state index contributed by atoms with van der Waals surface area (Å²) >= 11 is 5.77. The van der Waals surface area contributed by atoms with Crippen LogP contribution < -0.4 is 5.32 Å². The van der Waals surface area contributed by atoms with Gasteiger partial charge in [-0.05, 0) is 6.07 Å². The van der Waals surface area contributed by atoms with Crippen molar-refractivity contribution in [3.63, 3.8) is 0 Å². The molecule has 1 atom stereocenters. The number of nitrogens with one attached hydrogen (secondary N) is 1. The minimum atomic E-state index is -0.746. The first-order valence-corrected chi connectivity index (χ1v) is 7.03. The molecule has 90 valence electrons. The molecule has 1 rings (SSSR count). The molecular formula is C11H16ClNO2S. The summed E-state index contributed by atoms with van der Waals surface area (Å²) in [5, 5.41) is 13.1. The zero-order valence-corrected chi connectivity index (χ0v) is 10.8. The Bertz CT molecular complexity index is 371. The molecule has 0 aliphatic heterocycles. The van der Waals surface area contributed by atoms with E-state index in [9.17, 15) is 9.32 Å². The van der Waals surface area contributed by atoms with Crippen LogP contribution in [0.3, 0.4) is 0 Å². The van der Waals surface area contributed by atoms with Gasteiger partial charge in [0.15, 0.2) is 0 Å². The number of phenols is 1. The van der Waals surface area contributed by atoms with E-state index in [-0.39, 0.29) is 5.75 Å². The van der Waals surface area contributed by atoms with Gasteiger partial charge >= 0.3 is 0 Å². The van der Waals surface area contributed by atoms with Gasteiger partial charge < -0.3 is 10.4 Å². The molecule has 0 heterocycles. The van der Waals surface area contributed by atoms with Crippen molar-refractivity contribution in [1.29, 1.82) is 0 Å². The lowest BCUT2D eigenvalue weighted by Crippen LogP contribution is -2.20. The van der Waals surface area contributed by atoms with Crippen molar-refractivity contribution in [2.24, 2.45) is 0 Å². The van der Waals surface area contributed by atoms with E-state index in [1.165, 1.54) is 0 Å². The zero-order chi connectivity index (χ0) is 12.0. The van der Waals surface area contributed by atoms with Gasteiger partial charge in [0.05, 0.1) is 5.02 Å². The molecule has 2 N–H and O–H groups in total. The Kier molecular flexibility index (Phi) is 5.80. The summed E-state index contributed by atoms with van der Waals surface area (Å²) in [5.74, 6) is 1.44. The fourth-order valence-corrected chi connectivity index (χ4v) is 2.11. The number of phenolic OH excluding ortho intramolecular Hbond substituents is 1. The van der Waals surface area contributed by atoms with Crippen LogP contribution in [0.15, 0.2) is 18.2 Å². The van der Waals surface area contributed by atoms with E-state index in [0.717, 1.165) is 5.56 Å². The topological polar surface area (TPSA) is 49.3 Å². The predicted molar refractivity (Wildman–Crippen MR) is 68.4 cm³/mol. The molecule has 0 saturated heterocycles. The molecule has 0 aliphatic rings. The fourth-order valence-electron chi connectivity index (χ4n) is 1.26. The summed E-state index contributed by atoms with van der Waals surface area (Å²) in [6.07, 6.45) is 0. The van der Waals surface area contributed by atoms with Gasteiger partial charge in [0.2, 0.25) is 0 Å². The molecular weight excluding hydrogens is 246 g/mol. The van der Waals surface area contributed by atoms with Gasteiger partial charge in [-0.3, -0.25) is 4.21 Å². The highest BCUT2D eigenvalue weighted by molar-refractivity contribution is 7.84. The maximum absolute atomic E-state index is 11.1. The van der Waals surface area contributed by atoms with Crippen LogP contribution in [-0.4, -0.2) is 27.4 Å². The standard InChI is InChI=1S/C11H16ClNO2S/c1-2-16(15)7-6-13-8-9-4-3-5-10(12)11(9)14/h3-5,13-14H,2,6-8H2,1H3. The molecule has 5 heteroatoms. The normalized spacial score (nSPS) is 12.6. The van der Waals surface area contributed by atoms with E-state index in [0.29, 0.717) is 29.6 Å². The van der Waals surface area contributed by atoms with Crippen molar-refractivity contribution in [2.45, 2.75) is 13.5 Å². The molecule has 3 nitrogen and oxygen atoms in total. The average molecular weight is 262 g/mol. The number of aromatic hydroxyl groups is 1. The highest BCUT2D eigenvalue weighted by atomic mass is 35.5. The number of hydrogen-bond acceptors (Lipinski definition) is 3. The van der Waals surface area contributed by atoms with E-state index in [1.807, 2.05) is 13.0 Å². The molecule has 0 saturated carbocycles. The molecule has 0 aromatic heterocycles. The van der Waals surface area contributed by atoms with E-state index in [4.69, 9.17) is 11.6 Å². The van der Waals surface area contributed by atoms with Crippen molar-refractivity contribution in [2.75, 3.05) is 18.1 Å². The van der Waals surface area contributed by atoms with Crippen LogP contribution in [0.1, 0.15) is 12.5 Å². The maximum Gasteiger partial charge on any atom is 0.138 e. The van der Waals surface area contributed by atoms with Gasteiger partial charge in [0.1, 0.15) is 5.75 Å². The van der Waals surface area contributed by atoms with Gasteiger partial charge in [-0.1, -0.05) is 30.7 Å². The van der Waals surface area contributed by atoms with Crippen molar-refractivity contribution in [3.05, 3.63) is 28.8 Å². The smallest absolute Gasteiger partial charge is 0.138 e. The lowest BCUT2D eigenvalue weighted by atomic mass is 10.2. The van der Waals surface area contributed by atoms with E-state index in [2.05, 4.69) is 5.32 Å². The monoisotopic (exact) mass is 261 g/mol. The van der Waals surface area contributed by atoms with Crippen molar-refractivity contribution >= 4 is 22.4 Å². The quantitative estimate of drug-likeness (QED) is 0.769. The van der Waals surface area contributed by atoms with Gasteiger partial charge in [-0.25, -0.2) is 0 Å². The van der Waals surface area contributed by atoms with Crippen LogP contribution in [0.2, 0.25) is 5.02 Å². The molecule has 0 spiro atoms. The van der Waals surface area contributed by atoms with E-state index >= 15 is 0 Å². The number of halogens is 1. The zero-order valence-electron chi connectivity index (χ0n) is 9.20. The van der Waals surface area contributed by atoms with Crippen LogP contribution in [0.5, 0.6) is 5.75 Å². The first kappa shape index (κ1) is 13.5. The Hall–Kier alpha value is -0.580.